The Bertz CT molecular complexity index is 586. The van der Waals surface area contributed by atoms with Crippen molar-refractivity contribution in [1.29, 1.82) is 0 Å². The predicted octanol–water partition coefficient (Wildman–Crippen LogP) is -2.77. The van der Waals surface area contributed by atoms with Crippen molar-refractivity contribution >= 4 is 23.3 Å². The monoisotopic (exact) mass is 348 g/mol. The zero-order chi connectivity index (χ0) is 19.1. The number of ether oxygens (including phenoxy) is 2. The Morgan fingerprint density at radius 3 is 1.71 bits per heavy atom. The third-order valence-electron chi connectivity index (χ3n) is 4.24. The molecule has 1 fully saturated rings. The molecule has 1 heterocycles. The third kappa shape index (κ3) is 2.47. The van der Waals surface area contributed by atoms with Crippen molar-refractivity contribution in [3.63, 3.8) is 0 Å². The van der Waals surface area contributed by atoms with Crippen molar-refractivity contribution in [2.24, 2.45) is 0 Å². The Labute approximate surface area is 137 Å². The van der Waals surface area contributed by atoms with Gasteiger partial charge in [-0.05, 0) is 20.8 Å². The fourth-order valence-electron chi connectivity index (χ4n) is 2.85. The summed E-state index contributed by atoms with van der Waals surface area (Å²) in [6.07, 6.45) is -4.38. The maximum atomic E-state index is 12.0. The van der Waals surface area contributed by atoms with E-state index >= 15 is 0 Å². The molecule has 0 aromatic heterocycles. The molecule has 0 amide bonds. The molecule has 0 saturated carbocycles. The second-order valence-corrected chi connectivity index (χ2v) is 5.69. The van der Waals surface area contributed by atoms with Crippen molar-refractivity contribution < 1.29 is 49.1 Å². The van der Waals surface area contributed by atoms with Crippen LogP contribution in [0.25, 0.3) is 0 Å². The van der Waals surface area contributed by atoms with Crippen LogP contribution in [0.4, 0.5) is 0 Å². The molecule has 10 nitrogen and oxygen atoms in total. The lowest BCUT2D eigenvalue weighted by molar-refractivity contribution is -0.359. The quantitative estimate of drug-likeness (QED) is 0.382. The second-order valence-electron chi connectivity index (χ2n) is 5.69. The summed E-state index contributed by atoms with van der Waals surface area (Å²) in [4.78, 5) is 46.8. The molecule has 5 atom stereocenters. The zero-order valence-corrected chi connectivity index (χ0v) is 13.6. The van der Waals surface area contributed by atoms with Gasteiger partial charge in [-0.25, -0.2) is 0 Å². The van der Waals surface area contributed by atoms with Gasteiger partial charge in [0.05, 0.1) is 0 Å². The largest absolute Gasteiger partial charge is 0.463 e. The van der Waals surface area contributed by atoms with E-state index in [1.54, 1.807) is 0 Å². The summed E-state index contributed by atoms with van der Waals surface area (Å²) in [5.41, 5.74) is -9.90. The Balaban J connectivity index is 3.66. The minimum absolute atomic E-state index is 0.711. The number of aliphatic hydroxyl groups is 4. The van der Waals surface area contributed by atoms with Crippen molar-refractivity contribution in [2.75, 3.05) is 6.61 Å². The van der Waals surface area contributed by atoms with E-state index in [0.717, 1.165) is 20.8 Å². The Hall–Kier alpha value is -1.72. The first kappa shape index (κ1) is 20.3. The van der Waals surface area contributed by atoms with Crippen molar-refractivity contribution in [1.82, 2.24) is 0 Å². The lowest BCUT2D eigenvalue weighted by Crippen LogP contribution is -2.86. The topological polar surface area (TPSA) is 168 Å². The molecular weight excluding hydrogens is 328 g/mol. The van der Waals surface area contributed by atoms with Crippen molar-refractivity contribution in [2.45, 2.75) is 56.9 Å². The molecule has 10 heteroatoms. The fraction of sp³-hybridized carbons (Fsp3) is 0.714. The summed E-state index contributed by atoms with van der Waals surface area (Å²) in [5, 5.41) is 42.0. The second kappa shape index (κ2) is 6.30. The summed E-state index contributed by atoms with van der Waals surface area (Å²) in [6, 6.07) is 0. The number of carbonyl (C=O) groups is 4. The van der Waals surface area contributed by atoms with Crippen LogP contribution in [0.2, 0.25) is 0 Å². The van der Waals surface area contributed by atoms with Gasteiger partial charge in [0.1, 0.15) is 12.7 Å². The number of hydrogen-bond acceptors (Lipinski definition) is 10. The van der Waals surface area contributed by atoms with Gasteiger partial charge in [-0.1, -0.05) is 0 Å². The molecule has 1 aliphatic rings. The highest BCUT2D eigenvalue weighted by Gasteiger charge is 2.78. The number of hydrogen-bond donors (Lipinski definition) is 4. The molecule has 0 bridgehead atoms. The van der Waals surface area contributed by atoms with E-state index in [1.165, 1.54) is 0 Å². The van der Waals surface area contributed by atoms with Crippen LogP contribution in [0.5, 0.6) is 0 Å². The SMILES string of the molecule is CC(=O)OC[C@H]1OC(O)[C@@](O)(C(C)=O)[C@](O)(C(C)=O)[C@@]1(O)C(C)=O. The molecule has 0 aromatic carbocycles. The van der Waals surface area contributed by atoms with Crippen LogP contribution in [0.1, 0.15) is 27.7 Å². The molecule has 4 N–H and O–H groups in total. The Kier molecular flexibility index (Phi) is 5.33. The average molecular weight is 348 g/mol. The molecule has 0 spiro atoms. The summed E-state index contributed by atoms with van der Waals surface area (Å²) in [5.74, 6) is -4.77. The van der Waals surface area contributed by atoms with E-state index in [1.807, 2.05) is 0 Å². The third-order valence-corrected chi connectivity index (χ3v) is 4.24. The summed E-state index contributed by atoms with van der Waals surface area (Å²) < 4.78 is 9.46. The molecule has 1 rings (SSSR count). The first-order valence-electron chi connectivity index (χ1n) is 6.95. The highest BCUT2D eigenvalue weighted by molar-refractivity contribution is 6.05. The Morgan fingerprint density at radius 2 is 1.38 bits per heavy atom. The molecule has 1 aliphatic heterocycles. The van der Waals surface area contributed by atoms with Crippen molar-refractivity contribution in [3.05, 3.63) is 0 Å². The highest BCUT2D eigenvalue weighted by Crippen LogP contribution is 2.45. The van der Waals surface area contributed by atoms with E-state index in [-0.39, 0.29) is 0 Å². The minimum Gasteiger partial charge on any atom is -0.463 e. The maximum absolute atomic E-state index is 12.0. The number of esters is 1. The predicted molar refractivity (Wildman–Crippen MR) is 74.4 cm³/mol. The number of rotatable bonds is 5. The van der Waals surface area contributed by atoms with Crippen LogP contribution < -0.4 is 0 Å². The van der Waals surface area contributed by atoms with Gasteiger partial charge in [-0.2, -0.15) is 0 Å². The maximum Gasteiger partial charge on any atom is 0.302 e. The van der Waals surface area contributed by atoms with Crippen LogP contribution in [-0.4, -0.2) is 79.5 Å². The van der Waals surface area contributed by atoms with Crippen LogP contribution in [0.15, 0.2) is 0 Å². The molecule has 1 saturated heterocycles. The molecular formula is C14H20O10. The molecule has 136 valence electrons. The first-order valence-corrected chi connectivity index (χ1v) is 6.95. The highest BCUT2D eigenvalue weighted by atomic mass is 16.7. The zero-order valence-electron chi connectivity index (χ0n) is 13.6. The minimum atomic E-state index is -3.43. The lowest BCUT2D eigenvalue weighted by Gasteiger charge is -2.56. The number of ketones is 3. The van der Waals surface area contributed by atoms with Crippen LogP contribution in [-0.2, 0) is 28.7 Å². The van der Waals surface area contributed by atoms with Gasteiger partial charge in [-0.15, -0.1) is 0 Å². The normalized spacial score (nSPS) is 39.2. The summed E-state index contributed by atoms with van der Waals surface area (Å²) in [6.45, 7) is 2.40. The number of carbonyl (C=O) groups excluding carboxylic acids is 4. The van der Waals surface area contributed by atoms with E-state index in [2.05, 4.69) is 4.74 Å². The van der Waals surface area contributed by atoms with Gasteiger partial charge in [0.2, 0.25) is 11.2 Å². The van der Waals surface area contributed by atoms with E-state index in [9.17, 15) is 39.6 Å². The average Bonchev–Trinajstić information content (AvgIpc) is 2.46. The number of Topliss-reactive ketones (excluding diaryl/α,β-unsaturated/α-hetero) is 3. The first-order chi connectivity index (χ1) is 10.8. The summed E-state index contributed by atoms with van der Waals surface area (Å²) in [7, 11) is 0. The smallest absolute Gasteiger partial charge is 0.302 e. The standard InChI is InChI=1S/C14H20O10/c1-6(15)12(20)10(5-23-9(4)18)24-11(19)13(21,7(2)16)14(12,22)8(3)17/h10-11,19-22H,5H2,1-4H3/t10-,11?,12-,13+,14+/m1/s1. The fourth-order valence-corrected chi connectivity index (χ4v) is 2.85. The van der Waals surface area contributed by atoms with E-state index < -0.39 is 59.1 Å². The van der Waals surface area contributed by atoms with Crippen LogP contribution >= 0.6 is 0 Å². The van der Waals surface area contributed by atoms with Gasteiger partial charge in [0, 0.05) is 6.92 Å². The van der Waals surface area contributed by atoms with Gasteiger partial charge in [0.15, 0.2) is 29.2 Å². The van der Waals surface area contributed by atoms with Crippen LogP contribution in [0, 0.1) is 0 Å². The molecule has 1 unspecified atom stereocenters. The van der Waals surface area contributed by atoms with E-state index in [4.69, 9.17) is 4.74 Å². The molecule has 24 heavy (non-hydrogen) atoms. The summed E-state index contributed by atoms with van der Waals surface area (Å²) >= 11 is 0. The van der Waals surface area contributed by atoms with Gasteiger partial charge in [0.25, 0.3) is 0 Å². The van der Waals surface area contributed by atoms with Gasteiger partial charge in [-0.3, -0.25) is 19.2 Å². The van der Waals surface area contributed by atoms with Crippen LogP contribution in [0.3, 0.4) is 0 Å². The molecule has 0 aliphatic carbocycles. The molecule has 0 radical (unpaired) electrons. The van der Waals surface area contributed by atoms with Gasteiger partial charge < -0.3 is 29.9 Å². The Morgan fingerprint density at radius 1 is 0.917 bits per heavy atom. The van der Waals surface area contributed by atoms with Gasteiger partial charge >= 0.3 is 5.97 Å². The van der Waals surface area contributed by atoms with Crippen molar-refractivity contribution in [3.8, 4) is 0 Å². The molecule has 0 aromatic rings. The van der Waals surface area contributed by atoms with E-state index in [0.29, 0.717) is 6.92 Å². The number of aliphatic hydroxyl groups excluding tert-OH is 1. The lowest BCUT2D eigenvalue weighted by atomic mass is 9.61.